The molecule has 0 bridgehead atoms. The predicted molar refractivity (Wildman–Crippen MR) is 120 cm³/mol. The second kappa shape index (κ2) is 10.0. The van der Waals surface area contributed by atoms with E-state index in [1.165, 1.54) is 11.1 Å². The van der Waals surface area contributed by atoms with Crippen LogP contribution in [0.15, 0.2) is 24.3 Å². The molecule has 2 heterocycles. The number of hydrogen-bond donors (Lipinski definition) is 0. The number of aryl methyl sites for hydroxylation is 1. The monoisotopic (exact) mass is 410 g/mol. The van der Waals surface area contributed by atoms with Crippen molar-refractivity contribution in [2.24, 2.45) is 0 Å². The number of rotatable bonds is 7. The van der Waals surface area contributed by atoms with Crippen LogP contribution in [0.4, 0.5) is 5.82 Å². The summed E-state index contributed by atoms with van der Waals surface area (Å²) in [6.45, 7) is 11.6. The van der Waals surface area contributed by atoms with E-state index in [0.717, 1.165) is 61.9 Å². The standard InChI is InChI=1S/C24H34N4O2/c1-6-18(3)23-25-22(16-30-5)21(15-20-9-7-8-17(2)14-20)24(26-23)28-12-10-27(11-13-28)19(4)29/h7-9,14,18H,6,10-13,15-16H2,1-5H3. The molecule has 3 rings (SSSR count). The number of carbonyl (C=O) groups is 1. The zero-order valence-corrected chi connectivity index (χ0v) is 18.9. The van der Waals surface area contributed by atoms with Gasteiger partial charge in [0, 0.05) is 58.1 Å². The van der Waals surface area contributed by atoms with Gasteiger partial charge in [-0.25, -0.2) is 9.97 Å². The average molecular weight is 411 g/mol. The second-order valence-corrected chi connectivity index (χ2v) is 8.23. The Kier molecular flexibility index (Phi) is 7.43. The van der Waals surface area contributed by atoms with Gasteiger partial charge >= 0.3 is 0 Å². The van der Waals surface area contributed by atoms with E-state index >= 15 is 0 Å². The molecule has 6 heteroatoms. The molecule has 1 aliphatic heterocycles. The first-order chi connectivity index (χ1) is 14.4. The summed E-state index contributed by atoms with van der Waals surface area (Å²) < 4.78 is 5.53. The molecule has 2 aromatic rings. The van der Waals surface area contributed by atoms with Crippen molar-refractivity contribution in [3.05, 3.63) is 52.5 Å². The van der Waals surface area contributed by atoms with Gasteiger partial charge in [-0.1, -0.05) is 43.7 Å². The summed E-state index contributed by atoms with van der Waals surface area (Å²) in [5, 5.41) is 0. The highest BCUT2D eigenvalue weighted by Crippen LogP contribution is 2.29. The Hall–Kier alpha value is -2.47. The van der Waals surface area contributed by atoms with Crippen molar-refractivity contribution in [1.82, 2.24) is 14.9 Å². The SMILES string of the molecule is CCC(C)c1nc(COC)c(Cc2cccc(C)c2)c(N2CCN(C(C)=O)CC2)n1. The van der Waals surface area contributed by atoms with E-state index in [-0.39, 0.29) is 11.8 Å². The molecule has 0 aliphatic carbocycles. The Balaban J connectivity index is 2.03. The summed E-state index contributed by atoms with van der Waals surface area (Å²) in [5.74, 6) is 2.29. The number of anilines is 1. The van der Waals surface area contributed by atoms with E-state index in [1.807, 2.05) is 4.90 Å². The van der Waals surface area contributed by atoms with Gasteiger partial charge < -0.3 is 14.5 Å². The number of amides is 1. The fraction of sp³-hybridized carbons (Fsp3) is 0.542. The molecular weight excluding hydrogens is 376 g/mol. The number of piperazine rings is 1. The van der Waals surface area contributed by atoms with Crippen molar-refractivity contribution >= 4 is 11.7 Å². The molecule has 30 heavy (non-hydrogen) atoms. The van der Waals surface area contributed by atoms with Crippen molar-refractivity contribution in [3.8, 4) is 0 Å². The normalized spacial score (nSPS) is 15.4. The second-order valence-electron chi connectivity index (χ2n) is 8.23. The molecule has 0 saturated carbocycles. The van der Waals surface area contributed by atoms with Crippen molar-refractivity contribution in [3.63, 3.8) is 0 Å². The van der Waals surface area contributed by atoms with Crippen LogP contribution in [-0.2, 0) is 22.6 Å². The number of hydrogen-bond acceptors (Lipinski definition) is 5. The van der Waals surface area contributed by atoms with Gasteiger partial charge in [0.15, 0.2) is 0 Å². The number of aromatic nitrogens is 2. The Labute approximate surface area is 180 Å². The molecule has 1 atom stereocenters. The van der Waals surface area contributed by atoms with Gasteiger partial charge in [-0.2, -0.15) is 0 Å². The van der Waals surface area contributed by atoms with Gasteiger partial charge in [-0.05, 0) is 18.9 Å². The van der Waals surface area contributed by atoms with Crippen LogP contribution in [0.25, 0.3) is 0 Å². The molecule has 1 aromatic carbocycles. The van der Waals surface area contributed by atoms with E-state index < -0.39 is 0 Å². The number of carbonyl (C=O) groups excluding carboxylic acids is 1. The van der Waals surface area contributed by atoms with Crippen LogP contribution in [-0.4, -0.2) is 54.1 Å². The lowest BCUT2D eigenvalue weighted by atomic mass is 10.0. The Morgan fingerprint density at radius 3 is 2.53 bits per heavy atom. The molecule has 1 aliphatic rings. The largest absolute Gasteiger partial charge is 0.378 e. The van der Waals surface area contributed by atoms with Gasteiger partial charge in [0.25, 0.3) is 0 Å². The van der Waals surface area contributed by atoms with Crippen LogP contribution in [0, 0.1) is 6.92 Å². The van der Waals surface area contributed by atoms with Crippen molar-refractivity contribution in [1.29, 1.82) is 0 Å². The van der Waals surface area contributed by atoms with E-state index in [9.17, 15) is 4.79 Å². The lowest BCUT2D eigenvalue weighted by Gasteiger charge is -2.36. The molecule has 1 unspecified atom stereocenters. The minimum atomic E-state index is 0.137. The summed E-state index contributed by atoms with van der Waals surface area (Å²) in [7, 11) is 1.72. The summed E-state index contributed by atoms with van der Waals surface area (Å²) in [6.07, 6.45) is 1.75. The van der Waals surface area contributed by atoms with Crippen LogP contribution in [0.3, 0.4) is 0 Å². The van der Waals surface area contributed by atoms with Gasteiger partial charge in [-0.3, -0.25) is 4.79 Å². The van der Waals surface area contributed by atoms with E-state index in [2.05, 4.69) is 49.9 Å². The fourth-order valence-electron chi connectivity index (χ4n) is 3.90. The third kappa shape index (κ3) is 5.17. The molecule has 0 radical (unpaired) electrons. The van der Waals surface area contributed by atoms with Crippen LogP contribution in [0.1, 0.15) is 61.3 Å². The molecule has 1 fully saturated rings. The van der Waals surface area contributed by atoms with Gasteiger partial charge in [0.2, 0.25) is 5.91 Å². The molecule has 0 N–H and O–H groups in total. The third-order valence-corrected chi connectivity index (χ3v) is 5.91. The molecule has 0 spiro atoms. The number of methoxy groups -OCH3 is 1. The maximum absolute atomic E-state index is 11.8. The van der Waals surface area contributed by atoms with Gasteiger partial charge in [0.05, 0.1) is 12.3 Å². The molecule has 1 saturated heterocycles. The lowest BCUT2D eigenvalue weighted by molar-refractivity contribution is -0.129. The molecule has 162 valence electrons. The maximum Gasteiger partial charge on any atom is 0.219 e. The van der Waals surface area contributed by atoms with Crippen LogP contribution >= 0.6 is 0 Å². The quantitative estimate of drug-likeness (QED) is 0.697. The maximum atomic E-state index is 11.8. The molecule has 6 nitrogen and oxygen atoms in total. The molecule has 1 aromatic heterocycles. The summed E-state index contributed by atoms with van der Waals surface area (Å²) in [5.41, 5.74) is 4.59. The number of benzene rings is 1. The number of nitrogens with zero attached hydrogens (tertiary/aromatic N) is 4. The van der Waals surface area contributed by atoms with E-state index in [4.69, 9.17) is 14.7 Å². The average Bonchev–Trinajstić information content (AvgIpc) is 2.74. The highest BCUT2D eigenvalue weighted by atomic mass is 16.5. The Morgan fingerprint density at radius 2 is 1.93 bits per heavy atom. The van der Waals surface area contributed by atoms with E-state index in [1.54, 1.807) is 14.0 Å². The summed E-state index contributed by atoms with van der Waals surface area (Å²) in [6, 6.07) is 8.59. The molecular formula is C24H34N4O2. The van der Waals surface area contributed by atoms with Crippen LogP contribution < -0.4 is 4.90 Å². The zero-order chi connectivity index (χ0) is 21.7. The minimum Gasteiger partial charge on any atom is -0.378 e. The minimum absolute atomic E-state index is 0.137. The third-order valence-electron chi connectivity index (χ3n) is 5.91. The summed E-state index contributed by atoms with van der Waals surface area (Å²) in [4.78, 5) is 26.0. The van der Waals surface area contributed by atoms with Crippen molar-refractivity contribution < 1.29 is 9.53 Å². The number of ether oxygens (including phenoxy) is 1. The smallest absolute Gasteiger partial charge is 0.219 e. The van der Waals surface area contributed by atoms with Crippen LogP contribution in [0.2, 0.25) is 0 Å². The van der Waals surface area contributed by atoms with Crippen molar-refractivity contribution in [2.45, 2.75) is 53.1 Å². The van der Waals surface area contributed by atoms with Crippen molar-refractivity contribution in [2.75, 3.05) is 38.2 Å². The lowest BCUT2D eigenvalue weighted by Crippen LogP contribution is -2.48. The topological polar surface area (TPSA) is 58.6 Å². The van der Waals surface area contributed by atoms with Gasteiger partial charge in [-0.15, -0.1) is 0 Å². The fourth-order valence-corrected chi connectivity index (χ4v) is 3.90. The Morgan fingerprint density at radius 1 is 1.20 bits per heavy atom. The first-order valence-electron chi connectivity index (χ1n) is 10.9. The Bertz CT molecular complexity index is 876. The highest BCUT2D eigenvalue weighted by Gasteiger charge is 2.25. The van der Waals surface area contributed by atoms with E-state index in [0.29, 0.717) is 6.61 Å². The predicted octanol–water partition coefficient (Wildman–Crippen LogP) is 3.70. The summed E-state index contributed by atoms with van der Waals surface area (Å²) >= 11 is 0. The first kappa shape index (κ1) is 22.2. The van der Waals surface area contributed by atoms with Gasteiger partial charge in [0.1, 0.15) is 11.6 Å². The highest BCUT2D eigenvalue weighted by molar-refractivity contribution is 5.73. The first-order valence-corrected chi connectivity index (χ1v) is 10.9. The van der Waals surface area contributed by atoms with Crippen LogP contribution in [0.5, 0.6) is 0 Å². The molecule has 1 amide bonds. The zero-order valence-electron chi connectivity index (χ0n) is 18.9.